The molecule has 0 spiro atoms. The summed E-state index contributed by atoms with van der Waals surface area (Å²) in [6.07, 6.45) is 0. The molecule has 0 saturated heterocycles. The number of carbonyl (C=O) groups excluding carboxylic acids is 2. The van der Waals surface area contributed by atoms with E-state index < -0.39 is 21.1 Å². The lowest BCUT2D eigenvalue weighted by atomic mass is 10.1. The van der Waals surface area contributed by atoms with E-state index in [1.54, 1.807) is 30.3 Å². The summed E-state index contributed by atoms with van der Waals surface area (Å²) in [5.41, 5.74) is 2.69. The second-order valence-electron chi connectivity index (χ2n) is 7.17. The number of carbonyl (C=O) groups is 2. The number of amides is 1. The number of hydrogen-bond donors (Lipinski definition) is 3. The molecular formula is C21H20N4O4S. The highest BCUT2D eigenvalue weighted by Crippen LogP contribution is 2.37. The lowest BCUT2D eigenvalue weighted by Gasteiger charge is -2.15. The topological polar surface area (TPSA) is 121 Å². The second kappa shape index (κ2) is 7.51. The van der Waals surface area contributed by atoms with E-state index in [0.29, 0.717) is 28.9 Å². The number of H-pyrrole nitrogens is 1. The standard InChI is InChI=1S/C21H20N4O4S/c1-12-4-3-5-16(10-12)30(28,29)21-18-17(11-22-21)24-25-19(18)23-20(27)15-8-6-14(7-9-15)13(2)26/h3-10,21-22H,11H2,1-2H3,(H2,23,24,25,27). The average Bonchev–Trinajstić information content (AvgIpc) is 3.31. The number of aryl methyl sites for hydroxylation is 1. The monoisotopic (exact) mass is 424 g/mol. The highest BCUT2D eigenvalue weighted by atomic mass is 32.2. The third-order valence-electron chi connectivity index (χ3n) is 5.02. The molecule has 1 aliphatic rings. The third-order valence-corrected chi connectivity index (χ3v) is 6.96. The van der Waals surface area contributed by atoms with Gasteiger partial charge < -0.3 is 5.32 Å². The van der Waals surface area contributed by atoms with Crippen LogP contribution in [0.3, 0.4) is 0 Å². The highest BCUT2D eigenvalue weighted by molar-refractivity contribution is 7.91. The molecule has 0 saturated carbocycles. The van der Waals surface area contributed by atoms with Crippen LogP contribution in [0, 0.1) is 6.92 Å². The van der Waals surface area contributed by atoms with Crippen molar-refractivity contribution in [2.45, 2.75) is 30.7 Å². The first-order valence-electron chi connectivity index (χ1n) is 9.31. The highest BCUT2D eigenvalue weighted by Gasteiger charge is 2.39. The van der Waals surface area contributed by atoms with Crippen LogP contribution in [0.25, 0.3) is 0 Å². The van der Waals surface area contributed by atoms with Gasteiger partial charge in [0.15, 0.2) is 21.4 Å². The predicted octanol–water partition coefficient (Wildman–Crippen LogP) is 2.75. The van der Waals surface area contributed by atoms with Crippen LogP contribution in [0.5, 0.6) is 0 Å². The van der Waals surface area contributed by atoms with Gasteiger partial charge in [-0.3, -0.25) is 20.0 Å². The molecule has 0 aliphatic carbocycles. The minimum atomic E-state index is -3.74. The van der Waals surface area contributed by atoms with Gasteiger partial charge in [-0.1, -0.05) is 24.3 Å². The molecule has 1 unspecified atom stereocenters. The van der Waals surface area contributed by atoms with Crippen LogP contribution in [0.4, 0.5) is 5.82 Å². The molecule has 8 nitrogen and oxygen atoms in total. The van der Waals surface area contributed by atoms with Crippen LogP contribution in [-0.4, -0.2) is 30.3 Å². The molecule has 0 bridgehead atoms. The Hall–Kier alpha value is -3.30. The smallest absolute Gasteiger partial charge is 0.256 e. The second-order valence-corrected chi connectivity index (χ2v) is 9.21. The summed E-state index contributed by atoms with van der Waals surface area (Å²) in [4.78, 5) is 24.2. The number of sulfone groups is 1. The van der Waals surface area contributed by atoms with Crippen molar-refractivity contribution < 1.29 is 18.0 Å². The molecule has 2 aromatic carbocycles. The van der Waals surface area contributed by atoms with Gasteiger partial charge in [-0.2, -0.15) is 5.10 Å². The first kappa shape index (κ1) is 20.0. The molecule has 1 aromatic heterocycles. The molecule has 2 heterocycles. The maximum Gasteiger partial charge on any atom is 0.256 e. The van der Waals surface area contributed by atoms with E-state index in [9.17, 15) is 18.0 Å². The number of nitrogens with one attached hydrogen (secondary N) is 3. The number of hydrogen-bond acceptors (Lipinski definition) is 6. The fraction of sp³-hybridized carbons (Fsp3) is 0.190. The maximum absolute atomic E-state index is 13.2. The molecule has 3 aromatic rings. The third kappa shape index (κ3) is 3.53. The SMILES string of the molecule is CC(=O)c1ccc(C(=O)Nc2n[nH]c3c2C(S(=O)(=O)c2cccc(C)c2)NC3)cc1. The van der Waals surface area contributed by atoms with E-state index in [1.807, 2.05) is 13.0 Å². The molecule has 1 atom stereocenters. The lowest BCUT2D eigenvalue weighted by molar-refractivity contribution is 0.100. The van der Waals surface area contributed by atoms with E-state index in [-0.39, 0.29) is 16.5 Å². The van der Waals surface area contributed by atoms with E-state index in [1.165, 1.54) is 19.1 Å². The van der Waals surface area contributed by atoms with Gasteiger partial charge in [0.1, 0.15) is 5.37 Å². The molecule has 9 heteroatoms. The number of nitrogens with zero attached hydrogens (tertiary/aromatic N) is 1. The van der Waals surface area contributed by atoms with Crippen molar-refractivity contribution in [1.29, 1.82) is 0 Å². The summed E-state index contributed by atoms with van der Waals surface area (Å²) in [6, 6.07) is 12.9. The van der Waals surface area contributed by atoms with Crippen LogP contribution in [0.2, 0.25) is 0 Å². The predicted molar refractivity (Wildman–Crippen MR) is 111 cm³/mol. The summed E-state index contributed by atoms with van der Waals surface area (Å²) in [6.45, 7) is 3.57. The number of Topliss-reactive ketones (excluding diaryl/α,β-unsaturated/α-hetero) is 1. The molecule has 3 N–H and O–H groups in total. The van der Waals surface area contributed by atoms with Crippen molar-refractivity contribution in [2.24, 2.45) is 0 Å². The van der Waals surface area contributed by atoms with E-state index in [2.05, 4.69) is 20.8 Å². The van der Waals surface area contributed by atoms with Gasteiger partial charge in [-0.25, -0.2) is 8.42 Å². The quantitative estimate of drug-likeness (QED) is 0.542. The summed E-state index contributed by atoms with van der Waals surface area (Å²) in [5, 5.41) is 11.5. The van der Waals surface area contributed by atoms with Gasteiger partial charge in [0.2, 0.25) is 0 Å². The summed E-state index contributed by atoms with van der Waals surface area (Å²) < 4.78 is 26.4. The zero-order valence-corrected chi connectivity index (χ0v) is 17.2. The van der Waals surface area contributed by atoms with Gasteiger partial charge in [0, 0.05) is 17.7 Å². The fourth-order valence-corrected chi connectivity index (χ4v) is 5.18. The Kier molecular flexibility index (Phi) is 5.00. The Morgan fingerprint density at radius 3 is 2.47 bits per heavy atom. The number of aromatic nitrogens is 2. The first-order valence-corrected chi connectivity index (χ1v) is 10.9. The van der Waals surface area contributed by atoms with Crippen molar-refractivity contribution in [2.75, 3.05) is 5.32 Å². The van der Waals surface area contributed by atoms with Crippen molar-refractivity contribution in [3.05, 3.63) is 76.5 Å². The van der Waals surface area contributed by atoms with Crippen LogP contribution < -0.4 is 10.6 Å². The average molecular weight is 424 g/mol. The molecule has 154 valence electrons. The molecule has 4 rings (SSSR count). The summed E-state index contributed by atoms with van der Waals surface area (Å²) in [7, 11) is -3.74. The molecule has 0 fully saturated rings. The molecule has 1 amide bonds. The van der Waals surface area contributed by atoms with E-state index in [4.69, 9.17) is 0 Å². The van der Waals surface area contributed by atoms with Crippen LogP contribution in [0.15, 0.2) is 53.4 Å². The summed E-state index contributed by atoms with van der Waals surface area (Å²) >= 11 is 0. The Labute approximate surface area is 173 Å². The Balaban J connectivity index is 1.63. The number of ketones is 1. The Morgan fingerprint density at radius 2 is 1.80 bits per heavy atom. The van der Waals surface area contributed by atoms with Crippen LogP contribution in [-0.2, 0) is 16.4 Å². The lowest BCUT2D eigenvalue weighted by Crippen LogP contribution is -2.24. The number of aromatic amines is 1. The number of rotatable bonds is 5. The molecule has 30 heavy (non-hydrogen) atoms. The van der Waals surface area contributed by atoms with Crippen molar-refractivity contribution in [3.8, 4) is 0 Å². The van der Waals surface area contributed by atoms with E-state index in [0.717, 1.165) is 5.56 Å². The van der Waals surface area contributed by atoms with Gasteiger partial charge >= 0.3 is 0 Å². The van der Waals surface area contributed by atoms with Gasteiger partial charge in [-0.05, 0) is 43.7 Å². The summed E-state index contributed by atoms with van der Waals surface area (Å²) in [5.74, 6) is -0.378. The minimum absolute atomic E-state index is 0.0950. The molecule has 1 aliphatic heterocycles. The maximum atomic E-state index is 13.2. The van der Waals surface area contributed by atoms with Gasteiger partial charge in [-0.15, -0.1) is 0 Å². The van der Waals surface area contributed by atoms with Crippen molar-refractivity contribution in [3.63, 3.8) is 0 Å². The van der Waals surface area contributed by atoms with Gasteiger partial charge in [0.25, 0.3) is 5.91 Å². The van der Waals surface area contributed by atoms with Gasteiger partial charge in [0.05, 0.1) is 16.2 Å². The number of anilines is 1. The van der Waals surface area contributed by atoms with Crippen molar-refractivity contribution >= 4 is 27.3 Å². The fourth-order valence-electron chi connectivity index (χ4n) is 3.43. The number of benzene rings is 2. The van der Waals surface area contributed by atoms with Crippen LogP contribution >= 0.6 is 0 Å². The van der Waals surface area contributed by atoms with Crippen molar-refractivity contribution in [1.82, 2.24) is 15.5 Å². The zero-order valence-electron chi connectivity index (χ0n) is 16.4. The Bertz CT molecular complexity index is 1250. The normalized spacial score (nSPS) is 15.6. The van der Waals surface area contributed by atoms with Crippen LogP contribution in [0.1, 0.15) is 49.8 Å². The zero-order chi connectivity index (χ0) is 21.5. The molecular weight excluding hydrogens is 404 g/mol. The molecule has 0 radical (unpaired) electrons. The Morgan fingerprint density at radius 1 is 1.10 bits per heavy atom. The first-order chi connectivity index (χ1) is 14.3. The number of fused-ring (bicyclic) bond motifs is 1. The van der Waals surface area contributed by atoms with E-state index >= 15 is 0 Å². The minimum Gasteiger partial charge on any atom is -0.305 e. The largest absolute Gasteiger partial charge is 0.305 e.